The van der Waals surface area contributed by atoms with Gasteiger partial charge in [-0.05, 0) is 24.3 Å². The summed E-state index contributed by atoms with van der Waals surface area (Å²) in [4.78, 5) is 0. The van der Waals surface area contributed by atoms with Crippen molar-refractivity contribution in [1.29, 1.82) is 0 Å². The monoisotopic (exact) mass is 264 g/mol. The van der Waals surface area contributed by atoms with Crippen LogP contribution in [0.2, 0.25) is 0 Å². The molecular weight excluding hydrogens is 254 g/mol. The molecule has 16 heavy (non-hydrogen) atoms. The minimum Gasteiger partial charge on any atom is -0.508 e. The minimum atomic E-state index is -3.98. The van der Waals surface area contributed by atoms with Gasteiger partial charge in [0.1, 0.15) is 23.9 Å². The molecule has 1 aromatic carbocycles. The van der Waals surface area contributed by atoms with Crippen LogP contribution in [0.4, 0.5) is 0 Å². The molecule has 0 aliphatic rings. The third kappa shape index (κ3) is 8.83. The van der Waals surface area contributed by atoms with Crippen molar-refractivity contribution in [3.63, 3.8) is 0 Å². The number of hydrogen-bond donors (Lipinski definition) is 2. The van der Waals surface area contributed by atoms with E-state index >= 15 is 0 Å². The molecule has 5 nitrogen and oxygen atoms in total. The van der Waals surface area contributed by atoms with Crippen LogP contribution in [0, 0.1) is 0 Å². The predicted molar refractivity (Wildman–Crippen MR) is 50.0 cm³/mol. The third-order valence-electron chi connectivity index (χ3n) is 1.45. The Kier molecular flexibility index (Phi) is 10.5. The fraction of sp³-hybridized carbons (Fsp3) is 0.250. The molecule has 0 radical (unpaired) electrons. The normalized spacial score (nSPS) is 9.81. The van der Waals surface area contributed by atoms with E-state index in [0.29, 0.717) is 5.75 Å². The summed E-state index contributed by atoms with van der Waals surface area (Å²) < 4.78 is 34.0. The molecule has 0 saturated heterocycles. The molecule has 0 bridgehead atoms. The zero-order chi connectivity index (χ0) is 10.6. The number of aromatic hydroxyl groups is 1. The molecule has 0 atom stereocenters. The summed E-state index contributed by atoms with van der Waals surface area (Å²) in [5.74, 6) is 0.0898. The van der Waals surface area contributed by atoms with Crippen molar-refractivity contribution >= 4 is 10.1 Å². The molecule has 0 aliphatic carbocycles. The summed E-state index contributed by atoms with van der Waals surface area (Å²) in [6, 6.07) is 5.84. The van der Waals surface area contributed by atoms with E-state index in [0.717, 1.165) is 0 Å². The Labute approximate surface area is 139 Å². The first-order valence-corrected chi connectivity index (χ1v) is 5.45. The van der Waals surface area contributed by atoms with Crippen LogP contribution in [0.5, 0.6) is 11.5 Å². The van der Waals surface area contributed by atoms with Crippen LogP contribution in [0.3, 0.4) is 0 Å². The third-order valence-corrected chi connectivity index (χ3v) is 2.13. The Bertz CT molecular complexity index is 389. The van der Waals surface area contributed by atoms with Crippen molar-refractivity contribution in [2.24, 2.45) is 0 Å². The largest absolute Gasteiger partial charge is 1.00 e. The van der Waals surface area contributed by atoms with Gasteiger partial charge >= 0.3 is 59.1 Å². The van der Waals surface area contributed by atoms with Crippen molar-refractivity contribution in [2.45, 2.75) is 0 Å². The SMILES string of the molecule is O=S(=O)(O)CCOc1ccc(O)cc1.[Na+].[Na+]. The molecular formula is C8H10Na2O5S+2. The smallest absolute Gasteiger partial charge is 0.508 e. The fourth-order valence-electron chi connectivity index (χ4n) is 0.807. The minimum absolute atomic E-state index is 0. The van der Waals surface area contributed by atoms with Gasteiger partial charge in [0.25, 0.3) is 10.1 Å². The van der Waals surface area contributed by atoms with Gasteiger partial charge in [0, 0.05) is 0 Å². The molecule has 0 heterocycles. The Morgan fingerprint density at radius 2 is 1.62 bits per heavy atom. The summed E-state index contributed by atoms with van der Waals surface area (Å²) in [7, 11) is -3.98. The molecule has 0 aromatic heterocycles. The Balaban J connectivity index is 0. The van der Waals surface area contributed by atoms with Crippen molar-refractivity contribution in [3.05, 3.63) is 24.3 Å². The van der Waals surface area contributed by atoms with Gasteiger partial charge in [-0.3, -0.25) is 4.55 Å². The first kappa shape index (κ1) is 19.1. The van der Waals surface area contributed by atoms with Gasteiger partial charge in [0.2, 0.25) is 0 Å². The van der Waals surface area contributed by atoms with Crippen molar-refractivity contribution in [3.8, 4) is 11.5 Å². The van der Waals surface area contributed by atoms with E-state index in [1.807, 2.05) is 0 Å². The molecule has 0 saturated carbocycles. The van der Waals surface area contributed by atoms with Crippen molar-refractivity contribution < 1.29 is 81.9 Å². The number of phenolic OH excluding ortho intramolecular Hbond substituents is 1. The van der Waals surface area contributed by atoms with Crippen LogP contribution in [-0.2, 0) is 10.1 Å². The van der Waals surface area contributed by atoms with E-state index in [2.05, 4.69) is 0 Å². The summed E-state index contributed by atoms with van der Waals surface area (Å²) in [5.41, 5.74) is 0. The summed E-state index contributed by atoms with van der Waals surface area (Å²) in [6.45, 7) is -0.121. The van der Waals surface area contributed by atoms with E-state index in [1.165, 1.54) is 24.3 Å². The fourth-order valence-corrected chi connectivity index (χ4v) is 1.10. The first-order chi connectivity index (χ1) is 6.47. The van der Waals surface area contributed by atoms with E-state index in [4.69, 9.17) is 14.4 Å². The van der Waals surface area contributed by atoms with E-state index < -0.39 is 15.9 Å². The molecule has 1 aromatic rings. The Morgan fingerprint density at radius 1 is 1.12 bits per heavy atom. The Morgan fingerprint density at radius 3 is 2.06 bits per heavy atom. The quantitative estimate of drug-likeness (QED) is 0.419. The molecule has 78 valence electrons. The zero-order valence-electron chi connectivity index (χ0n) is 9.25. The average molecular weight is 264 g/mol. The number of benzene rings is 1. The van der Waals surface area contributed by atoms with Gasteiger partial charge in [0.15, 0.2) is 0 Å². The van der Waals surface area contributed by atoms with Gasteiger partial charge in [-0.1, -0.05) is 0 Å². The second kappa shape index (κ2) is 8.77. The van der Waals surface area contributed by atoms with Crippen LogP contribution in [-0.4, -0.2) is 30.4 Å². The van der Waals surface area contributed by atoms with Crippen LogP contribution in [0.1, 0.15) is 0 Å². The van der Waals surface area contributed by atoms with Gasteiger partial charge in [-0.15, -0.1) is 0 Å². The average Bonchev–Trinajstić information content (AvgIpc) is 2.06. The molecule has 0 amide bonds. The number of rotatable bonds is 4. The van der Waals surface area contributed by atoms with Crippen LogP contribution in [0.15, 0.2) is 24.3 Å². The number of hydrogen-bond acceptors (Lipinski definition) is 4. The summed E-state index contributed by atoms with van der Waals surface area (Å²) in [6.07, 6.45) is 0. The molecule has 2 N–H and O–H groups in total. The first-order valence-electron chi connectivity index (χ1n) is 3.84. The second-order valence-electron chi connectivity index (χ2n) is 2.63. The van der Waals surface area contributed by atoms with E-state index in [-0.39, 0.29) is 71.5 Å². The van der Waals surface area contributed by atoms with Crippen LogP contribution in [0.25, 0.3) is 0 Å². The maximum absolute atomic E-state index is 10.3. The molecule has 0 spiro atoms. The topological polar surface area (TPSA) is 83.8 Å². The second-order valence-corrected chi connectivity index (χ2v) is 4.20. The van der Waals surface area contributed by atoms with E-state index in [9.17, 15) is 8.42 Å². The summed E-state index contributed by atoms with van der Waals surface area (Å²) >= 11 is 0. The standard InChI is InChI=1S/C8H10O5S.2Na/c9-7-1-3-8(4-2-7)13-5-6-14(10,11)12;;/h1-4,9H,5-6H2,(H,10,11,12);;/q;2*+1. The van der Waals surface area contributed by atoms with Crippen LogP contribution >= 0.6 is 0 Å². The van der Waals surface area contributed by atoms with Gasteiger partial charge in [-0.2, -0.15) is 8.42 Å². The number of phenols is 1. The van der Waals surface area contributed by atoms with Crippen LogP contribution < -0.4 is 63.9 Å². The van der Waals surface area contributed by atoms with Gasteiger partial charge < -0.3 is 9.84 Å². The maximum Gasteiger partial charge on any atom is 1.00 e. The van der Waals surface area contributed by atoms with Crippen molar-refractivity contribution in [1.82, 2.24) is 0 Å². The van der Waals surface area contributed by atoms with E-state index in [1.54, 1.807) is 0 Å². The predicted octanol–water partition coefficient (Wildman–Crippen LogP) is -5.33. The number of ether oxygens (including phenoxy) is 1. The molecule has 8 heteroatoms. The molecule has 0 fully saturated rings. The van der Waals surface area contributed by atoms with Crippen molar-refractivity contribution in [2.75, 3.05) is 12.4 Å². The molecule has 0 unspecified atom stereocenters. The zero-order valence-corrected chi connectivity index (χ0v) is 14.1. The Hall–Kier alpha value is 0.730. The molecule has 1 rings (SSSR count). The molecule has 0 aliphatic heterocycles. The van der Waals surface area contributed by atoms with Gasteiger partial charge in [-0.25, -0.2) is 0 Å². The van der Waals surface area contributed by atoms with Gasteiger partial charge in [0.05, 0.1) is 0 Å². The summed E-state index contributed by atoms with van der Waals surface area (Å²) in [5, 5.41) is 8.92. The maximum atomic E-state index is 10.3.